The van der Waals surface area contributed by atoms with E-state index in [2.05, 4.69) is 38.1 Å². The van der Waals surface area contributed by atoms with Crippen LogP contribution in [0.1, 0.15) is 94.6 Å². The van der Waals surface area contributed by atoms with Crippen molar-refractivity contribution in [3.63, 3.8) is 0 Å². The number of benzene rings is 1. The quantitative estimate of drug-likeness (QED) is 0.586. The standard InChI is InChI=1S/C23H36O/c1-4-17(2)18-5-7-19(8-6-18)20-9-11-21(12-10-20)22-13-15-23(24-3)16-14-22/h9-12,17-19,22-23H,4-8,13-16H2,1-3H3. The summed E-state index contributed by atoms with van der Waals surface area (Å²) in [4.78, 5) is 0. The normalized spacial score (nSPS) is 32.5. The van der Waals surface area contributed by atoms with Crippen molar-refractivity contribution in [3.05, 3.63) is 35.4 Å². The molecule has 2 fully saturated rings. The second-order valence-electron chi connectivity index (χ2n) is 8.37. The van der Waals surface area contributed by atoms with Crippen molar-refractivity contribution in [1.82, 2.24) is 0 Å². The van der Waals surface area contributed by atoms with Crippen LogP contribution in [0.5, 0.6) is 0 Å². The van der Waals surface area contributed by atoms with Crippen molar-refractivity contribution in [2.45, 2.75) is 89.6 Å². The molecule has 0 aromatic heterocycles. The summed E-state index contributed by atoms with van der Waals surface area (Å²) in [6, 6.07) is 9.72. The van der Waals surface area contributed by atoms with Gasteiger partial charge in [-0.25, -0.2) is 0 Å². The number of methoxy groups -OCH3 is 1. The molecular weight excluding hydrogens is 292 g/mol. The SMILES string of the molecule is CCC(C)C1CCC(c2ccc(C3CCC(OC)CC3)cc2)CC1. The Kier molecular flexibility index (Phi) is 6.38. The summed E-state index contributed by atoms with van der Waals surface area (Å²) < 4.78 is 5.51. The van der Waals surface area contributed by atoms with E-state index in [1.165, 1.54) is 57.8 Å². The van der Waals surface area contributed by atoms with Gasteiger partial charge < -0.3 is 4.74 Å². The van der Waals surface area contributed by atoms with Crippen molar-refractivity contribution >= 4 is 0 Å². The van der Waals surface area contributed by atoms with Crippen molar-refractivity contribution in [2.24, 2.45) is 11.8 Å². The molecule has 2 aliphatic rings. The third-order valence-electron chi connectivity index (χ3n) is 7.11. The molecule has 134 valence electrons. The predicted molar refractivity (Wildman–Crippen MR) is 103 cm³/mol. The molecule has 0 radical (unpaired) electrons. The first-order chi connectivity index (χ1) is 11.7. The molecule has 0 spiro atoms. The van der Waals surface area contributed by atoms with Gasteiger partial charge in [-0.05, 0) is 86.2 Å². The summed E-state index contributed by atoms with van der Waals surface area (Å²) in [6.07, 6.45) is 12.5. The first kappa shape index (κ1) is 18.0. The molecule has 3 rings (SSSR count). The Labute approximate surface area is 149 Å². The zero-order valence-electron chi connectivity index (χ0n) is 16.0. The second kappa shape index (κ2) is 8.52. The number of hydrogen-bond acceptors (Lipinski definition) is 1. The van der Waals surface area contributed by atoms with Crippen LogP contribution < -0.4 is 0 Å². The number of hydrogen-bond donors (Lipinski definition) is 0. The maximum Gasteiger partial charge on any atom is 0.0571 e. The molecule has 2 saturated carbocycles. The third-order valence-corrected chi connectivity index (χ3v) is 7.11. The Hall–Kier alpha value is -0.820. The van der Waals surface area contributed by atoms with Crippen LogP contribution in [0.2, 0.25) is 0 Å². The van der Waals surface area contributed by atoms with Gasteiger partial charge in [-0.2, -0.15) is 0 Å². The highest BCUT2D eigenvalue weighted by Gasteiger charge is 2.26. The Morgan fingerprint density at radius 3 is 1.71 bits per heavy atom. The summed E-state index contributed by atoms with van der Waals surface area (Å²) in [5.74, 6) is 3.45. The van der Waals surface area contributed by atoms with Gasteiger partial charge in [0.2, 0.25) is 0 Å². The summed E-state index contributed by atoms with van der Waals surface area (Å²) in [7, 11) is 1.86. The maximum atomic E-state index is 5.51. The molecule has 1 unspecified atom stereocenters. The fourth-order valence-electron chi connectivity index (χ4n) is 5.03. The largest absolute Gasteiger partial charge is 0.381 e. The van der Waals surface area contributed by atoms with Crippen molar-refractivity contribution < 1.29 is 4.74 Å². The van der Waals surface area contributed by atoms with Crippen molar-refractivity contribution in [3.8, 4) is 0 Å². The maximum absolute atomic E-state index is 5.51. The van der Waals surface area contributed by atoms with Gasteiger partial charge in [0.05, 0.1) is 6.10 Å². The van der Waals surface area contributed by atoms with E-state index in [9.17, 15) is 0 Å². The van der Waals surface area contributed by atoms with Crippen LogP contribution in [0, 0.1) is 11.8 Å². The highest BCUT2D eigenvalue weighted by Crippen LogP contribution is 2.40. The van der Waals surface area contributed by atoms with Gasteiger partial charge in [0.1, 0.15) is 0 Å². The van der Waals surface area contributed by atoms with E-state index in [4.69, 9.17) is 4.74 Å². The second-order valence-corrected chi connectivity index (χ2v) is 8.37. The molecule has 2 aliphatic carbocycles. The third kappa shape index (κ3) is 4.23. The molecule has 1 nitrogen and oxygen atoms in total. The first-order valence-electron chi connectivity index (χ1n) is 10.3. The van der Waals surface area contributed by atoms with E-state index in [1.807, 2.05) is 7.11 Å². The van der Waals surface area contributed by atoms with Crippen LogP contribution in [0.3, 0.4) is 0 Å². The monoisotopic (exact) mass is 328 g/mol. The molecule has 24 heavy (non-hydrogen) atoms. The summed E-state index contributed by atoms with van der Waals surface area (Å²) >= 11 is 0. The lowest BCUT2D eigenvalue weighted by atomic mass is 9.73. The Morgan fingerprint density at radius 2 is 1.29 bits per heavy atom. The van der Waals surface area contributed by atoms with Gasteiger partial charge >= 0.3 is 0 Å². The van der Waals surface area contributed by atoms with Crippen LogP contribution >= 0.6 is 0 Å². The Balaban J connectivity index is 1.54. The lowest BCUT2D eigenvalue weighted by Crippen LogP contribution is -2.20. The lowest BCUT2D eigenvalue weighted by Gasteiger charge is -2.32. The zero-order valence-corrected chi connectivity index (χ0v) is 16.0. The number of ether oxygens (including phenoxy) is 1. The van der Waals surface area contributed by atoms with E-state index in [1.54, 1.807) is 11.1 Å². The molecule has 0 amide bonds. The Bertz CT molecular complexity index is 475. The van der Waals surface area contributed by atoms with Crippen LogP contribution in [0.15, 0.2) is 24.3 Å². The lowest BCUT2D eigenvalue weighted by molar-refractivity contribution is 0.0658. The van der Waals surface area contributed by atoms with Crippen LogP contribution in [0.25, 0.3) is 0 Å². The fraction of sp³-hybridized carbons (Fsp3) is 0.739. The molecule has 0 aliphatic heterocycles. The summed E-state index contributed by atoms with van der Waals surface area (Å²) in [5.41, 5.74) is 3.15. The minimum atomic E-state index is 0.501. The minimum Gasteiger partial charge on any atom is -0.381 e. The summed E-state index contributed by atoms with van der Waals surface area (Å²) in [5, 5.41) is 0. The van der Waals surface area contributed by atoms with E-state index >= 15 is 0 Å². The zero-order chi connectivity index (χ0) is 16.9. The van der Waals surface area contributed by atoms with Crippen LogP contribution in [-0.4, -0.2) is 13.2 Å². The highest BCUT2D eigenvalue weighted by atomic mass is 16.5. The molecular formula is C23H36O. The topological polar surface area (TPSA) is 9.23 Å². The molecule has 0 N–H and O–H groups in total. The minimum absolute atomic E-state index is 0.501. The molecule has 1 atom stereocenters. The molecule has 0 heterocycles. The highest BCUT2D eigenvalue weighted by molar-refractivity contribution is 5.28. The average Bonchev–Trinajstić information content (AvgIpc) is 2.68. The van der Waals surface area contributed by atoms with Gasteiger partial charge in [0.15, 0.2) is 0 Å². The van der Waals surface area contributed by atoms with Gasteiger partial charge in [-0.15, -0.1) is 0 Å². The van der Waals surface area contributed by atoms with Gasteiger partial charge in [-0.3, -0.25) is 0 Å². The van der Waals surface area contributed by atoms with Gasteiger partial charge in [0.25, 0.3) is 0 Å². The van der Waals surface area contributed by atoms with Gasteiger partial charge in [0, 0.05) is 7.11 Å². The Morgan fingerprint density at radius 1 is 0.833 bits per heavy atom. The molecule has 1 aromatic carbocycles. The first-order valence-corrected chi connectivity index (χ1v) is 10.3. The van der Waals surface area contributed by atoms with Crippen LogP contribution in [-0.2, 0) is 4.74 Å². The van der Waals surface area contributed by atoms with E-state index in [0.29, 0.717) is 6.10 Å². The predicted octanol–water partition coefficient (Wildman–Crippen LogP) is 6.68. The van der Waals surface area contributed by atoms with E-state index in [0.717, 1.165) is 23.7 Å². The van der Waals surface area contributed by atoms with E-state index < -0.39 is 0 Å². The van der Waals surface area contributed by atoms with E-state index in [-0.39, 0.29) is 0 Å². The summed E-state index contributed by atoms with van der Waals surface area (Å²) in [6.45, 7) is 4.79. The van der Waals surface area contributed by atoms with Crippen LogP contribution in [0.4, 0.5) is 0 Å². The average molecular weight is 329 g/mol. The number of rotatable bonds is 5. The molecule has 0 bridgehead atoms. The molecule has 1 heteroatoms. The molecule has 1 aromatic rings. The molecule has 0 saturated heterocycles. The van der Waals surface area contributed by atoms with Gasteiger partial charge in [-0.1, -0.05) is 44.5 Å². The van der Waals surface area contributed by atoms with Crippen molar-refractivity contribution in [2.75, 3.05) is 7.11 Å². The fourth-order valence-corrected chi connectivity index (χ4v) is 5.03. The smallest absolute Gasteiger partial charge is 0.0571 e. The van der Waals surface area contributed by atoms with Crippen molar-refractivity contribution in [1.29, 1.82) is 0 Å².